The average Bonchev–Trinajstić information content (AvgIpc) is 2.93. The fourth-order valence-electron chi connectivity index (χ4n) is 5.54. The smallest absolute Gasteiger partial charge is 0.346 e. The van der Waals surface area contributed by atoms with Crippen LogP contribution in [0.25, 0.3) is 28.1 Å². The highest BCUT2D eigenvalue weighted by molar-refractivity contribution is 6.32. The van der Waals surface area contributed by atoms with Crippen LogP contribution in [0.3, 0.4) is 0 Å². The molecule has 9 nitrogen and oxygen atoms in total. The molecule has 1 aromatic carbocycles. The first kappa shape index (κ1) is 28.4. The van der Waals surface area contributed by atoms with Crippen molar-refractivity contribution >= 4 is 34.5 Å². The molecule has 1 aliphatic rings. The quantitative estimate of drug-likeness (QED) is 0.306. The van der Waals surface area contributed by atoms with E-state index in [2.05, 4.69) is 16.5 Å². The van der Waals surface area contributed by atoms with Crippen LogP contribution in [-0.4, -0.2) is 60.5 Å². The van der Waals surface area contributed by atoms with Gasteiger partial charge in [-0.1, -0.05) is 44.2 Å². The average molecular weight is 576 g/mol. The standard InChI is InChI=1S/C30H31ClFN7O2/c1-7-22(40)37-14-18(5)38(19(6)15-37)29-25-28(35-24(27(31)34-25)20-10-8-9-11-21(20)32)39(30(41)36-29)26-17(4)12-13-33-23(26)16(2)3/h7-13,16,18-19H,1,14-15H2,2-6H3/t18-,19+. The van der Waals surface area contributed by atoms with E-state index in [1.165, 1.54) is 16.7 Å². The second-order valence-corrected chi connectivity index (χ2v) is 11.0. The molecule has 4 aromatic rings. The molecule has 0 N–H and O–H groups in total. The molecule has 212 valence electrons. The SMILES string of the molecule is C=CC(=O)N1C[C@@H](C)N(c2nc(=O)n(-c3c(C)ccnc3C(C)C)c3nc(-c4ccccc4F)c(Cl)nc23)[C@@H](C)C1. The molecule has 2 atom stereocenters. The van der Waals surface area contributed by atoms with Crippen LogP contribution < -0.4 is 10.6 Å². The van der Waals surface area contributed by atoms with Crippen molar-refractivity contribution < 1.29 is 9.18 Å². The molecule has 3 aromatic heterocycles. The van der Waals surface area contributed by atoms with Gasteiger partial charge in [0.25, 0.3) is 0 Å². The Balaban J connectivity index is 1.84. The summed E-state index contributed by atoms with van der Waals surface area (Å²) in [5.74, 6) is -0.401. The van der Waals surface area contributed by atoms with Crippen molar-refractivity contribution in [3.8, 4) is 16.9 Å². The molecule has 1 aliphatic heterocycles. The number of pyridine rings is 1. The van der Waals surface area contributed by atoms with E-state index in [4.69, 9.17) is 21.6 Å². The lowest BCUT2D eigenvalue weighted by atomic mass is 10.0. The Labute approximate surface area is 242 Å². The van der Waals surface area contributed by atoms with Crippen LogP contribution in [0.2, 0.25) is 5.15 Å². The largest absolute Gasteiger partial charge is 0.356 e. The summed E-state index contributed by atoms with van der Waals surface area (Å²) in [7, 11) is 0. The van der Waals surface area contributed by atoms with Crippen LogP contribution in [0.4, 0.5) is 10.2 Å². The Morgan fingerprint density at radius 2 is 1.80 bits per heavy atom. The fourth-order valence-corrected chi connectivity index (χ4v) is 5.77. The van der Waals surface area contributed by atoms with Crippen molar-refractivity contribution in [3.63, 3.8) is 0 Å². The van der Waals surface area contributed by atoms with Gasteiger partial charge in [0, 0.05) is 36.9 Å². The highest BCUT2D eigenvalue weighted by Crippen LogP contribution is 2.35. The van der Waals surface area contributed by atoms with Gasteiger partial charge in [-0.3, -0.25) is 9.78 Å². The van der Waals surface area contributed by atoms with Gasteiger partial charge in [-0.15, -0.1) is 0 Å². The summed E-state index contributed by atoms with van der Waals surface area (Å²) in [4.78, 5) is 48.7. The van der Waals surface area contributed by atoms with Crippen molar-refractivity contribution in [2.45, 2.75) is 52.6 Å². The Kier molecular flexibility index (Phi) is 7.61. The van der Waals surface area contributed by atoms with Crippen LogP contribution in [0.5, 0.6) is 0 Å². The number of anilines is 1. The predicted molar refractivity (Wildman–Crippen MR) is 158 cm³/mol. The van der Waals surface area contributed by atoms with Gasteiger partial charge in [-0.25, -0.2) is 23.7 Å². The van der Waals surface area contributed by atoms with Gasteiger partial charge in [0.15, 0.2) is 22.1 Å². The number of piperazine rings is 1. The molecule has 4 heterocycles. The number of nitrogens with zero attached hydrogens (tertiary/aromatic N) is 7. The van der Waals surface area contributed by atoms with Gasteiger partial charge in [-0.2, -0.15) is 4.98 Å². The summed E-state index contributed by atoms with van der Waals surface area (Å²) in [5.41, 5.74) is 2.20. The summed E-state index contributed by atoms with van der Waals surface area (Å²) < 4.78 is 16.3. The van der Waals surface area contributed by atoms with E-state index >= 15 is 0 Å². The Bertz CT molecular complexity index is 1730. The molecule has 1 fully saturated rings. The monoisotopic (exact) mass is 575 g/mol. The maximum Gasteiger partial charge on any atom is 0.356 e. The Morgan fingerprint density at radius 1 is 1.12 bits per heavy atom. The van der Waals surface area contributed by atoms with Gasteiger partial charge in [0.05, 0.1) is 11.4 Å². The van der Waals surface area contributed by atoms with Gasteiger partial charge >= 0.3 is 5.69 Å². The lowest BCUT2D eigenvalue weighted by Crippen LogP contribution is -2.58. The van der Waals surface area contributed by atoms with Crippen molar-refractivity contribution in [2.24, 2.45) is 0 Å². The number of rotatable bonds is 5. The summed E-state index contributed by atoms with van der Waals surface area (Å²) in [6, 6.07) is 7.52. The highest BCUT2D eigenvalue weighted by atomic mass is 35.5. The minimum atomic E-state index is -0.578. The van der Waals surface area contributed by atoms with Crippen molar-refractivity contribution in [1.29, 1.82) is 0 Å². The zero-order valence-electron chi connectivity index (χ0n) is 23.6. The summed E-state index contributed by atoms with van der Waals surface area (Å²) in [5, 5.41) is -0.0244. The number of carbonyl (C=O) groups is 1. The molecule has 0 spiro atoms. The van der Waals surface area contributed by atoms with Gasteiger partial charge in [0.1, 0.15) is 11.5 Å². The molecule has 11 heteroatoms. The zero-order chi connectivity index (χ0) is 29.6. The molecule has 0 saturated carbocycles. The second kappa shape index (κ2) is 11.0. The molecule has 1 saturated heterocycles. The van der Waals surface area contributed by atoms with Crippen LogP contribution in [0.15, 0.2) is 54.0 Å². The highest BCUT2D eigenvalue weighted by Gasteiger charge is 2.35. The molecule has 0 bridgehead atoms. The van der Waals surface area contributed by atoms with Gasteiger partial charge in [0.2, 0.25) is 5.91 Å². The number of hydrogen-bond donors (Lipinski definition) is 0. The van der Waals surface area contributed by atoms with Crippen molar-refractivity contribution in [3.05, 3.63) is 81.9 Å². The minimum absolute atomic E-state index is 0.0201. The van der Waals surface area contributed by atoms with Crippen molar-refractivity contribution in [1.82, 2.24) is 29.4 Å². The van der Waals surface area contributed by atoms with E-state index in [9.17, 15) is 14.0 Å². The van der Waals surface area contributed by atoms with Crippen LogP contribution in [0.1, 0.15) is 44.9 Å². The first-order valence-electron chi connectivity index (χ1n) is 13.4. The van der Waals surface area contributed by atoms with Gasteiger partial charge < -0.3 is 9.80 Å². The molecule has 5 rings (SSSR count). The van der Waals surface area contributed by atoms with Crippen LogP contribution >= 0.6 is 11.6 Å². The minimum Gasteiger partial charge on any atom is -0.346 e. The Morgan fingerprint density at radius 3 is 2.44 bits per heavy atom. The number of benzene rings is 1. The number of amides is 1. The van der Waals surface area contributed by atoms with Crippen LogP contribution in [-0.2, 0) is 4.79 Å². The number of hydrogen-bond acceptors (Lipinski definition) is 7. The summed E-state index contributed by atoms with van der Waals surface area (Å²) in [6.45, 7) is 14.2. The van der Waals surface area contributed by atoms with E-state index in [1.54, 1.807) is 29.3 Å². The molecular weight excluding hydrogens is 545 g/mol. The van der Waals surface area contributed by atoms with E-state index in [1.807, 2.05) is 45.6 Å². The molecule has 41 heavy (non-hydrogen) atoms. The predicted octanol–water partition coefficient (Wildman–Crippen LogP) is 5.07. The van der Waals surface area contributed by atoms with Gasteiger partial charge in [-0.05, 0) is 56.5 Å². The Hall–Kier alpha value is -4.18. The lowest BCUT2D eigenvalue weighted by molar-refractivity contribution is -0.127. The third-order valence-electron chi connectivity index (χ3n) is 7.35. The summed E-state index contributed by atoms with van der Waals surface area (Å²) in [6.07, 6.45) is 2.99. The number of carbonyl (C=O) groups excluding carboxylic acids is 1. The third-order valence-corrected chi connectivity index (χ3v) is 7.62. The number of aryl methyl sites for hydroxylation is 1. The second-order valence-electron chi connectivity index (χ2n) is 10.6. The lowest BCUT2D eigenvalue weighted by Gasteiger charge is -2.45. The van der Waals surface area contributed by atoms with Crippen LogP contribution in [0, 0.1) is 12.7 Å². The van der Waals surface area contributed by atoms with E-state index in [0.29, 0.717) is 30.3 Å². The number of aromatic nitrogens is 5. The normalized spacial score (nSPS) is 17.4. The molecular formula is C30H31ClFN7O2. The molecule has 0 aliphatic carbocycles. The van der Waals surface area contributed by atoms with E-state index < -0.39 is 11.5 Å². The number of halogens is 2. The fraction of sp³-hybridized carbons (Fsp3) is 0.333. The number of fused-ring (bicyclic) bond motifs is 1. The molecule has 0 radical (unpaired) electrons. The maximum atomic E-state index is 14.9. The molecule has 1 amide bonds. The topological polar surface area (TPSA) is 97.1 Å². The first-order valence-corrected chi connectivity index (χ1v) is 13.8. The molecule has 0 unspecified atom stereocenters. The zero-order valence-corrected chi connectivity index (χ0v) is 24.4. The first-order chi connectivity index (χ1) is 19.5. The summed E-state index contributed by atoms with van der Waals surface area (Å²) >= 11 is 6.68. The third kappa shape index (κ3) is 4.97. The maximum absolute atomic E-state index is 14.9. The van der Waals surface area contributed by atoms with Crippen molar-refractivity contribution in [2.75, 3.05) is 18.0 Å². The van der Waals surface area contributed by atoms with E-state index in [-0.39, 0.29) is 51.5 Å². The van der Waals surface area contributed by atoms with E-state index in [0.717, 1.165) is 5.56 Å².